The summed E-state index contributed by atoms with van der Waals surface area (Å²) in [7, 11) is 0. The van der Waals surface area contributed by atoms with E-state index in [9.17, 15) is 0 Å². The second kappa shape index (κ2) is 5.42. The first kappa shape index (κ1) is 12.2. The number of thioether (sulfide) groups is 1. The maximum atomic E-state index is 4.26. The van der Waals surface area contributed by atoms with Gasteiger partial charge in [-0.25, -0.2) is 0 Å². The van der Waals surface area contributed by atoms with Crippen molar-refractivity contribution in [1.82, 2.24) is 10.2 Å². The zero-order valence-corrected chi connectivity index (χ0v) is 12.5. The first-order valence-electron chi connectivity index (χ1n) is 5.44. The largest absolute Gasteiger partial charge is 0.330 e. The molecule has 1 aromatic heterocycles. The van der Waals surface area contributed by atoms with Crippen LogP contribution in [-0.4, -0.2) is 15.0 Å². The zero-order valence-electron chi connectivity index (χ0n) is 9.29. The average molecular weight is 340 g/mol. The van der Waals surface area contributed by atoms with Gasteiger partial charge < -0.3 is 5.32 Å². The maximum absolute atomic E-state index is 4.26. The van der Waals surface area contributed by atoms with Crippen LogP contribution in [0.15, 0.2) is 41.8 Å². The number of rotatable bonds is 3. The lowest BCUT2D eigenvalue weighted by atomic mass is 10.3. The number of aromatic nitrogens is 2. The number of alkyl halides is 1. The van der Waals surface area contributed by atoms with E-state index in [2.05, 4.69) is 42.9 Å². The normalized spacial score (nSPS) is 22.3. The summed E-state index contributed by atoms with van der Waals surface area (Å²) in [5.41, 5.74) is 1.03. The summed E-state index contributed by atoms with van der Waals surface area (Å²) in [4.78, 5) is 0.347. The zero-order chi connectivity index (χ0) is 12.4. The van der Waals surface area contributed by atoms with Crippen molar-refractivity contribution >= 4 is 49.8 Å². The monoisotopic (exact) mass is 339 g/mol. The number of anilines is 2. The summed E-state index contributed by atoms with van der Waals surface area (Å²) in [6.07, 6.45) is 2.14. The van der Waals surface area contributed by atoms with Crippen LogP contribution in [0.3, 0.4) is 0 Å². The van der Waals surface area contributed by atoms with Gasteiger partial charge in [0.15, 0.2) is 0 Å². The van der Waals surface area contributed by atoms with Crippen LogP contribution in [0.5, 0.6) is 0 Å². The lowest BCUT2D eigenvalue weighted by Crippen LogP contribution is -2.00. The Balaban J connectivity index is 1.74. The van der Waals surface area contributed by atoms with E-state index in [1.54, 1.807) is 23.1 Å². The van der Waals surface area contributed by atoms with Crippen LogP contribution in [0.2, 0.25) is 0 Å². The third-order valence-corrected chi connectivity index (χ3v) is 5.86. The van der Waals surface area contributed by atoms with Crippen molar-refractivity contribution in [3.05, 3.63) is 46.8 Å². The summed E-state index contributed by atoms with van der Waals surface area (Å²) in [6, 6.07) is 10.0. The molecule has 0 saturated carbocycles. The number of nitrogens with one attached hydrogen (secondary N) is 1. The van der Waals surface area contributed by atoms with Crippen LogP contribution in [-0.2, 0) is 0 Å². The molecule has 1 aliphatic heterocycles. The minimum Gasteiger partial charge on any atom is -0.330 e. The summed E-state index contributed by atoms with van der Waals surface area (Å²) >= 11 is 7.01. The van der Waals surface area contributed by atoms with Crippen LogP contribution in [0, 0.1) is 0 Å². The molecule has 92 valence electrons. The van der Waals surface area contributed by atoms with Crippen LogP contribution >= 0.6 is 39.0 Å². The average Bonchev–Trinajstić information content (AvgIpc) is 2.99. The first-order valence-corrected chi connectivity index (χ1v) is 8.12. The topological polar surface area (TPSA) is 37.8 Å². The smallest absolute Gasteiger partial charge is 0.210 e. The molecule has 2 aromatic rings. The first-order chi connectivity index (χ1) is 8.83. The van der Waals surface area contributed by atoms with E-state index in [0.717, 1.165) is 15.8 Å². The van der Waals surface area contributed by atoms with Gasteiger partial charge >= 0.3 is 0 Å². The molecule has 3 nitrogen and oxygen atoms in total. The molecule has 0 radical (unpaired) electrons. The molecule has 0 aliphatic carbocycles. The number of allylic oxidation sites excluding steroid dienone is 1. The molecule has 0 amide bonds. The van der Waals surface area contributed by atoms with Crippen molar-refractivity contribution in [1.29, 1.82) is 0 Å². The maximum Gasteiger partial charge on any atom is 0.210 e. The summed E-state index contributed by atoms with van der Waals surface area (Å²) in [6.45, 7) is 0. The molecule has 6 heteroatoms. The van der Waals surface area contributed by atoms with Gasteiger partial charge in [-0.2, -0.15) is 0 Å². The van der Waals surface area contributed by atoms with Crippen LogP contribution < -0.4 is 5.32 Å². The number of benzene rings is 1. The molecular weight excluding hydrogens is 330 g/mol. The minimum atomic E-state index is 0.342. The molecule has 0 saturated heterocycles. The van der Waals surface area contributed by atoms with Gasteiger partial charge in [0, 0.05) is 5.69 Å². The van der Waals surface area contributed by atoms with E-state index in [-0.39, 0.29) is 0 Å². The fourth-order valence-corrected chi connectivity index (χ4v) is 4.71. The van der Waals surface area contributed by atoms with Crippen molar-refractivity contribution in [2.75, 3.05) is 5.32 Å². The minimum absolute atomic E-state index is 0.342. The summed E-state index contributed by atoms with van der Waals surface area (Å²) < 4.78 is 0. The molecule has 0 bridgehead atoms. The Bertz CT molecular complexity index is 555. The molecular formula is C12H10BrN3S2. The lowest BCUT2D eigenvalue weighted by molar-refractivity contribution is 0.938. The van der Waals surface area contributed by atoms with Crippen LogP contribution in [0.25, 0.3) is 0 Å². The van der Waals surface area contributed by atoms with E-state index in [0.29, 0.717) is 10.1 Å². The number of halogens is 1. The Morgan fingerprint density at radius 1 is 1.17 bits per heavy atom. The van der Waals surface area contributed by atoms with E-state index in [1.165, 1.54) is 0 Å². The van der Waals surface area contributed by atoms with E-state index >= 15 is 0 Å². The van der Waals surface area contributed by atoms with Gasteiger partial charge in [0.05, 0.1) is 10.1 Å². The van der Waals surface area contributed by atoms with Gasteiger partial charge in [-0.1, -0.05) is 51.5 Å². The van der Waals surface area contributed by atoms with Crippen molar-refractivity contribution in [3.8, 4) is 0 Å². The molecule has 0 spiro atoms. The molecule has 2 heterocycles. The van der Waals surface area contributed by atoms with Crippen molar-refractivity contribution in [2.45, 2.75) is 10.1 Å². The number of hydrogen-bond donors (Lipinski definition) is 1. The molecule has 2 unspecified atom stereocenters. The van der Waals surface area contributed by atoms with Crippen molar-refractivity contribution < 1.29 is 0 Å². The summed E-state index contributed by atoms with van der Waals surface area (Å²) in [5, 5.41) is 16.0. The Labute approximate surface area is 122 Å². The standard InChI is InChI=1S/C12H10BrN3S2/c13-9-6-7-17-10(9)11-15-16-12(18-11)14-8-4-2-1-3-5-8/h1-7,9-10H,(H,14,16). The molecule has 18 heavy (non-hydrogen) atoms. The third-order valence-electron chi connectivity index (χ3n) is 2.49. The predicted octanol–water partition coefficient (Wildman–Crippen LogP) is 4.35. The predicted molar refractivity (Wildman–Crippen MR) is 81.8 cm³/mol. The molecule has 1 N–H and O–H groups in total. The van der Waals surface area contributed by atoms with Gasteiger partial charge in [0.1, 0.15) is 5.01 Å². The lowest BCUT2D eigenvalue weighted by Gasteiger charge is -2.07. The van der Waals surface area contributed by atoms with Crippen molar-refractivity contribution in [3.63, 3.8) is 0 Å². The highest BCUT2D eigenvalue weighted by Crippen LogP contribution is 2.44. The van der Waals surface area contributed by atoms with E-state index in [1.807, 2.05) is 30.3 Å². The van der Waals surface area contributed by atoms with Gasteiger partial charge in [-0.15, -0.1) is 22.0 Å². The third kappa shape index (κ3) is 2.60. The Hall–Kier alpha value is -0.850. The molecule has 3 rings (SSSR count). The van der Waals surface area contributed by atoms with Crippen LogP contribution in [0.4, 0.5) is 10.8 Å². The second-order valence-electron chi connectivity index (χ2n) is 3.77. The molecule has 1 aliphatic rings. The fourth-order valence-electron chi connectivity index (χ4n) is 1.62. The molecule has 2 atom stereocenters. The molecule has 1 aromatic carbocycles. The van der Waals surface area contributed by atoms with Gasteiger partial charge in [-0.3, -0.25) is 0 Å². The number of hydrogen-bond acceptors (Lipinski definition) is 5. The number of nitrogens with zero attached hydrogens (tertiary/aromatic N) is 2. The highest BCUT2D eigenvalue weighted by Gasteiger charge is 2.26. The highest BCUT2D eigenvalue weighted by molar-refractivity contribution is 9.09. The van der Waals surface area contributed by atoms with E-state index in [4.69, 9.17) is 0 Å². The Morgan fingerprint density at radius 3 is 2.72 bits per heavy atom. The SMILES string of the molecule is BrC1C=CSC1c1nnc(Nc2ccccc2)s1. The van der Waals surface area contributed by atoms with E-state index < -0.39 is 0 Å². The van der Waals surface area contributed by atoms with Gasteiger partial charge in [0.2, 0.25) is 5.13 Å². The number of para-hydroxylation sites is 1. The van der Waals surface area contributed by atoms with Crippen molar-refractivity contribution in [2.24, 2.45) is 0 Å². The fraction of sp³-hybridized carbons (Fsp3) is 0.167. The second-order valence-corrected chi connectivity index (χ2v) is 6.88. The molecule has 0 fully saturated rings. The van der Waals surface area contributed by atoms with Crippen LogP contribution in [0.1, 0.15) is 10.3 Å². The van der Waals surface area contributed by atoms with Gasteiger partial charge in [-0.05, 0) is 17.5 Å². The van der Waals surface area contributed by atoms with Gasteiger partial charge in [0.25, 0.3) is 0 Å². The quantitative estimate of drug-likeness (QED) is 0.843. The Kier molecular flexibility index (Phi) is 3.67. The summed E-state index contributed by atoms with van der Waals surface area (Å²) in [5.74, 6) is 0. The highest BCUT2D eigenvalue weighted by atomic mass is 79.9. The Morgan fingerprint density at radius 2 is 2.00 bits per heavy atom.